The number of rotatable bonds is 6. The summed E-state index contributed by atoms with van der Waals surface area (Å²) in [6.45, 7) is 1.79. The third-order valence-electron chi connectivity index (χ3n) is 5.25. The maximum Gasteiger partial charge on any atom is 0.263 e. The standard InChI is InChI=1S/C24H21N7O3/c1-15-12-20(26-21(32)13-16-8-10-18(34-2)11-9-16)31(29-15)24-27-22-19(23(33)28-24)14-25-30(22)17-6-4-3-5-7-17/h3-12,14H,13H2,1-2H3,(H,26,32)(H,27,28,33). The summed E-state index contributed by atoms with van der Waals surface area (Å²) in [5.41, 5.74) is 2.28. The van der Waals surface area contributed by atoms with Gasteiger partial charge in [0, 0.05) is 6.07 Å². The molecule has 0 aliphatic heterocycles. The number of aryl methyl sites for hydroxylation is 1. The highest BCUT2D eigenvalue weighted by Gasteiger charge is 2.17. The first-order chi connectivity index (χ1) is 16.5. The molecule has 10 nitrogen and oxygen atoms in total. The number of methoxy groups -OCH3 is 1. The van der Waals surface area contributed by atoms with E-state index in [2.05, 4.69) is 25.5 Å². The number of hydrogen-bond donors (Lipinski definition) is 2. The number of carbonyl (C=O) groups excluding carboxylic acids is 1. The molecule has 0 saturated heterocycles. The molecule has 0 radical (unpaired) electrons. The van der Waals surface area contributed by atoms with Crippen molar-refractivity contribution in [3.8, 4) is 17.4 Å². The highest BCUT2D eigenvalue weighted by atomic mass is 16.5. The van der Waals surface area contributed by atoms with Crippen molar-refractivity contribution < 1.29 is 9.53 Å². The molecule has 34 heavy (non-hydrogen) atoms. The lowest BCUT2D eigenvalue weighted by molar-refractivity contribution is -0.115. The van der Waals surface area contributed by atoms with Gasteiger partial charge in [0.05, 0.1) is 31.1 Å². The van der Waals surface area contributed by atoms with Gasteiger partial charge in [-0.2, -0.15) is 19.9 Å². The van der Waals surface area contributed by atoms with Crippen LogP contribution in [0, 0.1) is 6.92 Å². The number of amides is 1. The molecular weight excluding hydrogens is 434 g/mol. The lowest BCUT2D eigenvalue weighted by Gasteiger charge is -2.09. The van der Waals surface area contributed by atoms with Crippen molar-refractivity contribution in [2.75, 3.05) is 12.4 Å². The van der Waals surface area contributed by atoms with Crippen molar-refractivity contribution in [1.29, 1.82) is 0 Å². The number of H-pyrrole nitrogens is 1. The summed E-state index contributed by atoms with van der Waals surface area (Å²) in [6.07, 6.45) is 1.64. The predicted molar refractivity (Wildman–Crippen MR) is 127 cm³/mol. The van der Waals surface area contributed by atoms with Crippen LogP contribution < -0.4 is 15.6 Å². The van der Waals surface area contributed by atoms with E-state index in [4.69, 9.17) is 4.74 Å². The Bertz CT molecular complexity index is 1530. The Labute approximate surface area is 193 Å². The Morgan fingerprint density at radius 2 is 1.85 bits per heavy atom. The molecule has 0 atom stereocenters. The molecule has 0 aliphatic carbocycles. The predicted octanol–water partition coefficient (Wildman–Crippen LogP) is 2.79. The Balaban J connectivity index is 1.48. The van der Waals surface area contributed by atoms with Gasteiger partial charge in [0.1, 0.15) is 17.0 Å². The van der Waals surface area contributed by atoms with Gasteiger partial charge in [0.15, 0.2) is 5.65 Å². The van der Waals surface area contributed by atoms with Gasteiger partial charge in [-0.15, -0.1) is 0 Å². The summed E-state index contributed by atoms with van der Waals surface area (Å²) in [4.78, 5) is 32.8. The Hall–Kier alpha value is -4.73. The number of nitrogens with zero attached hydrogens (tertiary/aromatic N) is 5. The van der Waals surface area contributed by atoms with E-state index in [0.29, 0.717) is 22.5 Å². The third kappa shape index (κ3) is 4.04. The van der Waals surface area contributed by atoms with Crippen LogP contribution in [0.2, 0.25) is 0 Å². The van der Waals surface area contributed by atoms with Gasteiger partial charge in [-0.25, -0.2) is 4.68 Å². The number of hydrogen-bond acceptors (Lipinski definition) is 6. The lowest BCUT2D eigenvalue weighted by atomic mass is 10.1. The molecule has 1 amide bonds. The quantitative estimate of drug-likeness (QED) is 0.406. The van der Waals surface area contributed by atoms with E-state index in [0.717, 1.165) is 17.0 Å². The van der Waals surface area contributed by atoms with Crippen molar-refractivity contribution in [2.24, 2.45) is 0 Å². The van der Waals surface area contributed by atoms with Gasteiger partial charge in [-0.05, 0) is 36.8 Å². The maximum absolute atomic E-state index is 12.8. The zero-order chi connectivity index (χ0) is 23.7. The second-order valence-corrected chi connectivity index (χ2v) is 7.67. The van der Waals surface area contributed by atoms with Crippen LogP contribution in [-0.2, 0) is 11.2 Å². The molecule has 0 fully saturated rings. The topological polar surface area (TPSA) is 120 Å². The first-order valence-corrected chi connectivity index (χ1v) is 10.5. The fraction of sp³-hybridized carbons (Fsp3) is 0.125. The molecule has 0 unspecified atom stereocenters. The van der Waals surface area contributed by atoms with E-state index < -0.39 is 0 Å². The second-order valence-electron chi connectivity index (χ2n) is 7.67. The van der Waals surface area contributed by atoms with Gasteiger partial charge in [-0.1, -0.05) is 30.3 Å². The fourth-order valence-corrected chi connectivity index (χ4v) is 3.63. The highest BCUT2D eigenvalue weighted by molar-refractivity contribution is 5.91. The minimum atomic E-state index is -0.356. The molecule has 2 aromatic carbocycles. The van der Waals surface area contributed by atoms with Crippen LogP contribution in [0.4, 0.5) is 5.82 Å². The fourth-order valence-electron chi connectivity index (χ4n) is 3.63. The van der Waals surface area contributed by atoms with Gasteiger partial charge in [0.25, 0.3) is 5.56 Å². The first-order valence-electron chi connectivity index (χ1n) is 10.5. The summed E-state index contributed by atoms with van der Waals surface area (Å²) < 4.78 is 8.15. The zero-order valence-corrected chi connectivity index (χ0v) is 18.5. The number of carbonyl (C=O) groups is 1. The Kier molecular flexibility index (Phi) is 5.38. The van der Waals surface area contributed by atoms with Crippen molar-refractivity contribution in [3.05, 3.63) is 88.5 Å². The van der Waals surface area contributed by atoms with Gasteiger partial charge in [0.2, 0.25) is 11.9 Å². The normalized spacial score (nSPS) is 11.0. The molecular formula is C24H21N7O3. The summed E-state index contributed by atoms with van der Waals surface area (Å²) in [7, 11) is 1.59. The smallest absolute Gasteiger partial charge is 0.263 e. The molecule has 5 rings (SSSR count). The molecule has 170 valence electrons. The summed E-state index contributed by atoms with van der Waals surface area (Å²) in [5, 5.41) is 12.0. The number of anilines is 1. The number of ether oxygens (including phenoxy) is 1. The largest absolute Gasteiger partial charge is 0.497 e. The van der Waals surface area contributed by atoms with E-state index in [1.54, 1.807) is 36.9 Å². The molecule has 5 aromatic rings. The maximum atomic E-state index is 12.8. The van der Waals surface area contributed by atoms with Crippen molar-refractivity contribution in [2.45, 2.75) is 13.3 Å². The first kappa shape index (κ1) is 21.1. The van der Waals surface area contributed by atoms with Crippen LogP contribution >= 0.6 is 0 Å². The van der Waals surface area contributed by atoms with Crippen LogP contribution in [0.5, 0.6) is 5.75 Å². The van der Waals surface area contributed by atoms with Crippen LogP contribution in [0.1, 0.15) is 11.3 Å². The number of aromatic amines is 1. The molecule has 10 heteroatoms. The Morgan fingerprint density at radius 1 is 1.09 bits per heavy atom. The Morgan fingerprint density at radius 3 is 2.59 bits per heavy atom. The van der Waals surface area contributed by atoms with Crippen LogP contribution in [0.25, 0.3) is 22.7 Å². The third-order valence-corrected chi connectivity index (χ3v) is 5.25. The zero-order valence-electron chi connectivity index (χ0n) is 18.5. The number of fused-ring (bicyclic) bond motifs is 1. The minimum Gasteiger partial charge on any atom is -0.497 e. The average Bonchev–Trinajstić information content (AvgIpc) is 3.43. The van der Waals surface area contributed by atoms with E-state index in [1.165, 1.54) is 10.9 Å². The van der Waals surface area contributed by atoms with Crippen molar-refractivity contribution >= 4 is 22.8 Å². The SMILES string of the molecule is COc1ccc(CC(=O)Nc2cc(C)nn2-c2nc3c(cnn3-c3ccccc3)c(=O)[nH]2)cc1. The summed E-state index contributed by atoms with van der Waals surface area (Å²) in [6, 6.07) is 18.4. The second kappa shape index (κ2) is 8.66. The summed E-state index contributed by atoms with van der Waals surface area (Å²) in [5.74, 6) is 1.05. The highest BCUT2D eigenvalue weighted by Crippen LogP contribution is 2.18. The van der Waals surface area contributed by atoms with E-state index in [1.807, 2.05) is 42.5 Å². The average molecular weight is 455 g/mol. The molecule has 0 bridgehead atoms. The molecule has 3 aromatic heterocycles. The monoisotopic (exact) mass is 455 g/mol. The van der Waals surface area contributed by atoms with Crippen LogP contribution in [0.3, 0.4) is 0 Å². The number of benzene rings is 2. The van der Waals surface area contributed by atoms with E-state index >= 15 is 0 Å². The van der Waals surface area contributed by atoms with Crippen molar-refractivity contribution in [3.63, 3.8) is 0 Å². The van der Waals surface area contributed by atoms with Crippen LogP contribution in [0.15, 0.2) is 71.7 Å². The molecule has 0 saturated carbocycles. The van der Waals surface area contributed by atoms with E-state index in [-0.39, 0.29) is 23.8 Å². The molecule has 3 heterocycles. The molecule has 0 aliphatic rings. The van der Waals surface area contributed by atoms with Gasteiger partial charge >= 0.3 is 0 Å². The molecule has 0 spiro atoms. The van der Waals surface area contributed by atoms with E-state index in [9.17, 15) is 9.59 Å². The number of para-hydroxylation sites is 1. The minimum absolute atomic E-state index is 0.165. The van der Waals surface area contributed by atoms with Gasteiger partial charge < -0.3 is 10.1 Å². The molecule has 2 N–H and O–H groups in total. The number of aromatic nitrogens is 6. The van der Waals surface area contributed by atoms with Crippen LogP contribution in [-0.4, -0.2) is 42.5 Å². The van der Waals surface area contributed by atoms with Gasteiger partial charge in [-0.3, -0.25) is 14.6 Å². The summed E-state index contributed by atoms with van der Waals surface area (Å²) >= 11 is 0. The number of nitrogens with one attached hydrogen (secondary N) is 2. The lowest BCUT2D eigenvalue weighted by Crippen LogP contribution is -2.20. The van der Waals surface area contributed by atoms with Crippen molar-refractivity contribution in [1.82, 2.24) is 29.5 Å².